The van der Waals surface area contributed by atoms with Crippen LogP contribution in [0.1, 0.15) is 20.3 Å². The number of hydrogen-bond acceptors (Lipinski definition) is 3. The molecule has 0 saturated heterocycles. The van der Waals surface area contributed by atoms with E-state index in [1.807, 2.05) is 6.08 Å². The molecule has 1 aliphatic rings. The van der Waals surface area contributed by atoms with Crippen LogP contribution in [0.3, 0.4) is 0 Å². The van der Waals surface area contributed by atoms with Crippen molar-refractivity contribution in [2.24, 2.45) is 5.92 Å². The van der Waals surface area contributed by atoms with Gasteiger partial charge in [0.1, 0.15) is 0 Å². The highest BCUT2D eigenvalue weighted by atomic mass is 16.5. The highest BCUT2D eigenvalue weighted by molar-refractivity contribution is 5.76. The fourth-order valence-corrected chi connectivity index (χ4v) is 1.49. The second-order valence-electron chi connectivity index (χ2n) is 3.29. The SMILES string of the molecule is CCOC(=O)[C@@H]1C=C[C@H](NC(C)=O)C1. The summed E-state index contributed by atoms with van der Waals surface area (Å²) in [6.45, 7) is 3.64. The van der Waals surface area contributed by atoms with Gasteiger partial charge in [0.15, 0.2) is 0 Å². The summed E-state index contributed by atoms with van der Waals surface area (Å²) in [5.41, 5.74) is 0. The lowest BCUT2D eigenvalue weighted by Gasteiger charge is -2.11. The van der Waals surface area contributed by atoms with E-state index in [1.54, 1.807) is 13.0 Å². The molecule has 1 N–H and O–H groups in total. The van der Waals surface area contributed by atoms with Gasteiger partial charge in [-0.15, -0.1) is 0 Å². The quantitative estimate of drug-likeness (QED) is 0.533. The number of esters is 1. The van der Waals surface area contributed by atoms with Crippen molar-refractivity contribution in [3.63, 3.8) is 0 Å². The molecular weight excluding hydrogens is 182 g/mol. The van der Waals surface area contributed by atoms with Gasteiger partial charge in [-0.05, 0) is 13.3 Å². The maximum atomic E-state index is 11.3. The predicted octanol–water partition coefficient (Wildman–Crippen LogP) is 0.630. The van der Waals surface area contributed by atoms with Crippen LogP contribution < -0.4 is 5.32 Å². The lowest BCUT2D eigenvalue weighted by Crippen LogP contribution is -2.31. The van der Waals surface area contributed by atoms with Crippen LogP contribution in [0.2, 0.25) is 0 Å². The Labute approximate surface area is 83.3 Å². The summed E-state index contributed by atoms with van der Waals surface area (Å²) < 4.78 is 4.88. The molecular formula is C10H15NO3. The summed E-state index contributed by atoms with van der Waals surface area (Å²) in [5, 5.41) is 2.74. The monoisotopic (exact) mass is 197 g/mol. The Morgan fingerprint density at radius 2 is 2.21 bits per heavy atom. The fraction of sp³-hybridized carbons (Fsp3) is 0.600. The zero-order valence-electron chi connectivity index (χ0n) is 8.45. The van der Waals surface area contributed by atoms with Crippen molar-refractivity contribution in [3.8, 4) is 0 Å². The van der Waals surface area contributed by atoms with Gasteiger partial charge in [-0.3, -0.25) is 9.59 Å². The minimum Gasteiger partial charge on any atom is -0.466 e. The van der Waals surface area contributed by atoms with Crippen molar-refractivity contribution in [1.29, 1.82) is 0 Å². The second-order valence-corrected chi connectivity index (χ2v) is 3.29. The molecule has 78 valence electrons. The molecule has 1 aliphatic carbocycles. The Morgan fingerprint density at radius 1 is 1.50 bits per heavy atom. The van der Waals surface area contributed by atoms with E-state index in [4.69, 9.17) is 4.74 Å². The molecule has 0 heterocycles. The summed E-state index contributed by atoms with van der Waals surface area (Å²) in [6.07, 6.45) is 4.24. The fourth-order valence-electron chi connectivity index (χ4n) is 1.49. The molecule has 1 amide bonds. The molecule has 0 aromatic rings. The summed E-state index contributed by atoms with van der Waals surface area (Å²) in [5.74, 6) is -0.493. The van der Waals surface area contributed by atoms with Crippen LogP contribution >= 0.6 is 0 Å². The molecule has 0 aromatic carbocycles. The number of carbonyl (C=O) groups is 2. The molecule has 1 rings (SSSR count). The maximum Gasteiger partial charge on any atom is 0.312 e. The van der Waals surface area contributed by atoms with Gasteiger partial charge in [0.2, 0.25) is 5.91 Å². The molecule has 0 saturated carbocycles. The topological polar surface area (TPSA) is 55.4 Å². The Balaban J connectivity index is 2.38. The van der Waals surface area contributed by atoms with Crippen LogP contribution in [0.15, 0.2) is 12.2 Å². The summed E-state index contributed by atoms with van der Waals surface area (Å²) >= 11 is 0. The zero-order valence-corrected chi connectivity index (χ0v) is 8.45. The Bertz CT molecular complexity index is 260. The van der Waals surface area contributed by atoms with Crippen LogP contribution in [-0.4, -0.2) is 24.5 Å². The van der Waals surface area contributed by atoms with Gasteiger partial charge in [0, 0.05) is 13.0 Å². The van der Waals surface area contributed by atoms with E-state index >= 15 is 0 Å². The highest BCUT2D eigenvalue weighted by Gasteiger charge is 2.25. The van der Waals surface area contributed by atoms with Crippen molar-refractivity contribution >= 4 is 11.9 Å². The zero-order chi connectivity index (χ0) is 10.6. The van der Waals surface area contributed by atoms with Gasteiger partial charge in [0.25, 0.3) is 0 Å². The van der Waals surface area contributed by atoms with Crippen molar-refractivity contribution in [2.75, 3.05) is 6.61 Å². The molecule has 0 fully saturated rings. The van der Waals surface area contributed by atoms with Gasteiger partial charge in [0.05, 0.1) is 12.5 Å². The third-order valence-electron chi connectivity index (χ3n) is 2.06. The van der Waals surface area contributed by atoms with Crippen molar-refractivity contribution in [1.82, 2.24) is 5.32 Å². The van der Waals surface area contributed by atoms with Crippen molar-refractivity contribution in [2.45, 2.75) is 26.3 Å². The van der Waals surface area contributed by atoms with Crippen LogP contribution in [-0.2, 0) is 14.3 Å². The maximum absolute atomic E-state index is 11.3. The minimum atomic E-state index is -0.211. The van der Waals surface area contributed by atoms with E-state index in [9.17, 15) is 9.59 Å². The van der Waals surface area contributed by atoms with Crippen LogP contribution in [0.25, 0.3) is 0 Å². The molecule has 14 heavy (non-hydrogen) atoms. The second kappa shape index (κ2) is 4.79. The van der Waals surface area contributed by atoms with Gasteiger partial charge in [-0.25, -0.2) is 0 Å². The molecule has 0 aromatic heterocycles. The normalized spacial score (nSPS) is 24.7. The molecule has 0 aliphatic heterocycles. The lowest BCUT2D eigenvalue weighted by atomic mass is 10.1. The minimum absolute atomic E-state index is 0.0260. The lowest BCUT2D eigenvalue weighted by molar-refractivity contribution is -0.146. The van der Waals surface area contributed by atoms with E-state index in [-0.39, 0.29) is 23.8 Å². The van der Waals surface area contributed by atoms with Crippen molar-refractivity contribution in [3.05, 3.63) is 12.2 Å². The van der Waals surface area contributed by atoms with E-state index in [2.05, 4.69) is 5.32 Å². The number of amides is 1. The first-order valence-electron chi connectivity index (χ1n) is 4.75. The number of hydrogen-bond donors (Lipinski definition) is 1. The predicted molar refractivity (Wildman–Crippen MR) is 51.5 cm³/mol. The van der Waals surface area contributed by atoms with Gasteiger partial charge < -0.3 is 10.1 Å². The van der Waals surface area contributed by atoms with E-state index in [1.165, 1.54) is 6.92 Å². The first-order valence-corrected chi connectivity index (χ1v) is 4.75. The first-order chi connectivity index (χ1) is 6.63. The van der Waals surface area contributed by atoms with Crippen LogP contribution in [0, 0.1) is 5.92 Å². The molecule has 0 unspecified atom stereocenters. The molecule has 4 heteroatoms. The number of nitrogens with one attached hydrogen (secondary N) is 1. The molecule has 0 radical (unpaired) electrons. The number of ether oxygens (including phenoxy) is 1. The first kappa shape index (κ1) is 10.8. The third-order valence-corrected chi connectivity index (χ3v) is 2.06. The van der Waals surface area contributed by atoms with E-state index in [0.717, 1.165) is 0 Å². The third kappa shape index (κ3) is 2.87. The van der Waals surface area contributed by atoms with E-state index in [0.29, 0.717) is 13.0 Å². The number of rotatable bonds is 3. The average Bonchev–Trinajstić information content (AvgIpc) is 2.52. The Hall–Kier alpha value is -1.32. The van der Waals surface area contributed by atoms with Crippen LogP contribution in [0.4, 0.5) is 0 Å². The summed E-state index contributed by atoms with van der Waals surface area (Å²) in [4.78, 5) is 22.0. The Kier molecular flexibility index (Phi) is 3.68. The molecule has 0 bridgehead atoms. The smallest absolute Gasteiger partial charge is 0.312 e. The van der Waals surface area contributed by atoms with Crippen molar-refractivity contribution < 1.29 is 14.3 Å². The standard InChI is InChI=1S/C10H15NO3/c1-3-14-10(13)8-4-5-9(6-8)11-7(2)12/h4-5,8-9H,3,6H2,1-2H3,(H,11,12)/t8-,9+/m1/s1. The summed E-state index contributed by atoms with van der Waals surface area (Å²) in [6, 6.07) is -0.0260. The average molecular weight is 197 g/mol. The molecule has 2 atom stereocenters. The Morgan fingerprint density at radius 3 is 2.79 bits per heavy atom. The number of carbonyl (C=O) groups excluding carboxylic acids is 2. The highest BCUT2D eigenvalue weighted by Crippen LogP contribution is 2.19. The van der Waals surface area contributed by atoms with Gasteiger partial charge in [-0.2, -0.15) is 0 Å². The molecule has 4 nitrogen and oxygen atoms in total. The largest absolute Gasteiger partial charge is 0.466 e. The van der Waals surface area contributed by atoms with Gasteiger partial charge >= 0.3 is 5.97 Å². The molecule has 0 spiro atoms. The van der Waals surface area contributed by atoms with E-state index < -0.39 is 0 Å². The van der Waals surface area contributed by atoms with Crippen LogP contribution in [0.5, 0.6) is 0 Å². The van der Waals surface area contributed by atoms with Gasteiger partial charge in [-0.1, -0.05) is 12.2 Å². The summed E-state index contributed by atoms with van der Waals surface area (Å²) in [7, 11) is 0.